The van der Waals surface area contributed by atoms with Crippen molar-refractivity contribution in [1.29, 1.82) is 0 Å². The zero-order valence-corrected chi connectivity index (χ0v) is 18.3. The van der Waals surface area contributed by atoms with Crippen LogP contribution in [0.1, 0.15) is 16.7 Å². The Balaban J connectivity index is 0.000000393. The van der Waals surface area contributed by atoms with Crippen LogP contribution >= 0.6 is 0 Å². The Kier molecular flexibility index (Phi) is 10.2. The van der Waals surface area contributed by atoms with Gasteiger partial charge in [-0.1, -0.05) is 0 Å². The molecule has 3 rings (SSSR count). The smallest absolute Gasteiger partial charge is 0.470 e. The zero-order chi connectivity index (χ0) is 23.1. The van der Waals surface area contributed by atoms with Crippen molar-refractivity contribution in [1.82, 2.24) is 0 Å². The first-order valence-corrected chi connectivity index (χ1v) is 10.8. The standard InChI is InChI=1S/C16H11F3O2.C7H7O2S.Li/c1-2-14-11(10-20)4-3-5-15(14)21-13-8-6-12(7-9-13)16(17,18)19;1-10(8,9)7-5-3-2-4-6-7;/h3-9H,1-2H2;2-3,5-6H,1H3;/q-2;-1;+1. The Hall–Kier alpha value is -2.53. The van der Waals surface area contributed by atoms with E-state index in [0.717, 1.165) is 12.1 Å². The number of carbonyl (C=O) groups excluding carboxylic acids is 1. The quantitative estimate of drug-likeness (QED) is 0.438. The largest absolute Gasteiger partial charge is 1.00 e. The minimum absolute atomic E-state index is 0. The minimum atomic E-state index is -4.39. The number of hydrogen-bond donors (Lipinski definition) is 0. The normalized spacial score (nSPS) is 10.9. The molecule has 0 spiro atoms. The van der Waals surface area contributed by atoms with E-state index in [-0.39, 0.29) is 24.6 Å². The van der Waals surface area contributed by atoms with E-state index < -0.39 is 21.6 Å². The molecule has 0 bridgehead atoms. The van der Waals surface area contributed by atoms with Crippen LogP contribution in [0.4, 0.5) is 13.2 Å². The van der Waals surface area contributed by atoms with Gasteiger partial charge in [-0.25, -0.2) is 8.42 Å². The summed E-state index contributed by atoms with van der Waals surface area (Å²) in [7, 11) is -3.03. The van der Waals surface area contributed by atoms with Gasteiger partial charge in [0, 0.05) is 6.26 Å². The topological polar surface area (TPSA) is 60.4 Å². The molecule has 0 aromatic heterocycles. The van der Waals surface area contributed by atoms with Gasteiger partial charge in [0.1, 0.15) is 15.6 Å². The fourth-order valence-corrected chi connectivity index (χ4v) is 3.07. The molecule has 0 heterocycles. The van der Waals surface area contributed by atoms with Crippen LogP contribution in [-0.4, -0.2) is 21.0 Å². The number of sulfone groups is 1. The van der Waals surface area contributed by atoms with E-state index in [1.165, 1.54) is 24.5 Å². The first kappa shape index (κ1) is 27.5. The van der Waals surface area contributed by atoms with E-state index in [1.54, 1.807) is 42.7 Å². The van der Waals surface area contributed by atoms with Gasteiger partial charge < -0.3 is 16.5 Å². The Bertz CT molecular complexity index is 1110. The van der Waals surface area contributed by atoms with E-state index in [2.05, 4.69) is 13.0 Å². The molecule has 0 N–H and O–H groups in total. The SMILES string of the molecule is CS(=O)(=O)c1c[c-]ccc1.[CH2-]Cc1c([C-]=O)cccc1Oc1ccc(C(F)(F)F)cc1.[Li+]. The second kappa shape index (κ2) is 11.9. The van der Waals surface area contributed by atoms with Gasteiger partial charge >= 0.3 is 25.0 Å². The summed E-state index contributed by atoms with van der Waals surface area (Å²) in [6.07, 6.45) is -1.12. The first-order valence-electron chi connectivity index (χ1n) is 8.87. The van der Waals surface area contributed by atoms with Gasteiger partial charge in [0.2, 0.25) is 0 Å². The summed E-state index contributed by atoms with van der Waals surface area (Å²) in [4.78, 5) is 11.1. The first-order chi connectivity index (χ1) is 14.6. The summed E-state index contributed by atoms with van der Waals surface area (Å²) < 4.78 is 64.6. The molecular weight excluding hydrogens is 436 g/mol. The van der Waals surface area contributed by atoms with Gasteiger partial charge in [0.15, 0.2) is 0 Å². The Morgan fingerprint density at radius 2 is 1.72 bits per heavy atom. The van der Waals surface area contributed by atoms with Crippen LogP contribution in [0, 0.1) is 13.0 Å². The molecule has 0 fully saturated rings. The predicted molar refractivity (Wildman–Crippen MR) is 110 cm³/mol. The summed E-state index contributed by atoms with van der Waals surface area (Å²) in [5, 5.41) is 0. The second-order valence-corrected chi connectivity index (χ2v) is 8.29. The molecule has 0 unspecified atom stereocenters. The molecule has 3 aromatic carbocycles. The van der Waals surface area contributed by atoms with Crippen molar-refractivity contribution in [3.63, 3.8) is 0 Å². The predicted octanol–water partition coefficient (Wildman–Crippen LogP) is 2.23. The molecule has 0 saturated heterocycles. The molecule has 0 aliphatic rings. The molecule has 4 nitrogen and oxygen atoms in total. The third kappa shape index (κ3) is 7.86. The number of rotatable bonds is 5. The molecule has 0 saturated carbocycles. The van der Waals surface area contributed by atoms with Gasteiger partial charge in [-0.15, -0.1) is 17.2 Å². The third-order valence-corrected chi connectivity index (χ3v) is 5.12. The number of ether oxygens (including phenoxy) is 1. The van der Waals surface area contributed by atoms with E-state index in [4.69, 9.17) is 4.74 Å². The fraction of sp³-hybridized carbons (Fsp3) is 0.130. The number of halogens is 3. The van der Waals surface area contributed by atoms with Crippen LogP contribution in [0.5, 0.6) is 11.5 Å². The van der Waals surface area contributed by atoms with Gasteiger partial charge in [0.25, 0.3) is 0 Å². The average Bonchev–Trinajstić information content (AvgIpc) is 2.74. The fourth-order valence-electron chi connectivity index (χ4n) is 2.46. The Morgan fingerprint density at radius 1 is 1.06 bits per heavy atom. The second-order valence-electron chi connectivity index (χ2n) is 6.27. The van der Waals surface area contributed by atoms with Crippen LogP contribution in [0.25, 0.3) is 0 Å². The molecule has 0 amide bonds. The molecule has 32 heavy (non-hydrogen) atoms. The number of benzene rings is 3. The summed E-state index contributed by atoms with van der Waals surface area (Å²) in [6, 6.07) is 18.1. The maximum atomic E-state index is 12.5. The maximum absolute atomic E-state index is 12.5. The third-order valence-electron chi connectivity index (χ3n) is 4.01. The monoisotopic (exact) mass is 454 g/mol. The maximum Gasteiger partial charge on any atom is 1.00 e. The van der Waals surface area contributed by atoms with Crippen molar-refractivity contribution in [3.05, 3.63) is 96.4 Å². The van der Waals surface area contributed by atoms with Crippen molar-refractivity contribution in [3.8, 4) is 11.5 Å². The van der Waals surface area contributed by atoms with Crippen LogP contribution in [0.2, 0.25) is 0 Å². The molecule has 9 heteroatoms. The molecule has 0 aliphatic carbocycles. The summed E-state index contributed by atoms with van der Waals surface area (Å²) >= 11 is 0. The van der Waals surface area contributed by atoms with Crippen molar-refractivity contribution >= 4 is 16.1 Å². The molecular formula is C23H18F3LiO4S-2. The zero-order valence-electron chi connectivity index (χ0n) is 17.4. The van der Waals surface area contributed by atoms with Crippen LogP contribution in [0.3, 0.4) is 0 Å². The van der Waals surface area contributed by atoms with E-state index >= 15 is 0 Å². The minimum Gasteiger partial charge on any atom is -0.470 e. The van der Waals surface area contributed by atoms with Crippen molar-refractivity contribution in [2.45, 2.75) is 17.5 Å². The van der Waals surface area contributed by atoms with Gasteiger partial charge in [-0.2, -0.15) is 56.0 Å². The molecule has 0 atom stereocenters. The van der Waals surface area contributed by atoms with Crippen LogP contribution < -0.4 is 23.6 Å². The molecule has 3 aromatic rings. The summed E-state index contributed by atoms with van der Waals surface area (Å²) in [5.41, 5.74) is 0.143. The molecule has 164 valence electrons. The van der Waals surface area contributed by atoms with E-state index in [1.807, 2.05) is 0 Å². The van der Waals surface area contributed by atoms with Crippen LogP contribution in [0.15, 0.2) is 71.6 Å². The average molecular weight is 454 g/mol. The van der Waals surface area contributed by atoms with Crippen LogP contribution in [-0.2, 0) is 27.2 Å². The molecule has 0 aliphatic heterocycles. The van der Waals surface area contributed by atoms with E-state index in [0.29, 0.717) is 28.2 Å². The molecule has 0 radical (unpaired) electrons. The van der Waals surface area contributed by atoms with Crippen molar-refractivity contribution in [2.24, 2.45) is 0 Å². The van der Waals surface area contributed by atoms with Gasteiger partial charge in [0.05, 0.1) is 17.6 Å². The van der Waals surface area contributed by atoms with Crippen molar-refractivity contribution in [2.75, 3.05) is 6.26 Å². The Morgan fingerprint density at radius 3 is 2.16 bits per heavy atom. The van der Waals surface area contributed by atoms with Gasteiger partial charge in [-0.3, -0.25) is 0 Å². The van der Waals surface area contributed by atoms with E-state index in [9.17, 15) is 26.4 Å². The number of hydrogen-bond acceptors (Lipinski definition) is 4. The van der Waals surface area contributed by atoms with Crippen molar-refractivity contribution < 1.29 is 50.0 Å². The van der Waals surface area contributed by atoms with Gasteiger partial charge in [-0.05, 0) is 35.2 Å². The summed E-state index contributed by atoms with van der Waals surface area (Å²) in [6.45, 7) is 3.71. The number of alkyl halides is 3. The Labute approximate surface area is 197 Å². The summed E-state index contributed by atoms with van der Waals surface area (Å²) in [5.74, 6) is 0.631.